The summed E-state index contributed by atoms with van der Waals surface area (Å²) in [5.41, 5.74) is 3.37. The van der Waals surface area contributed by atoms with Gasteiger partial charge in [-0.15, -0.1) is 0 Å². The second-order valence-electron chi connectivity index (χ2n) is 6.29. The van der Waals surface area contributed by atoms with Gasteiger partial charge in [-0.1, -0.05) is 29.3 Å². The molecule has 0 fully saturated rings. The largest absolute Gasteiger partial charge is 0.306 e. The zero-order valence-electron chi connectivity index (χ0n) is 13.9. The number of pyridine rings is 1. The predicted molar refractivity (Wildman–Crippen MR) is 102 cm³/mol. The molecule has 26 heavy (non-hydrogen) atoms. The summed E-state index contributed by atoms with van der Waals surface area (Å²) in [7, 11) is 0. The number of H-pyrrole nitrogens is 1. The van der Waals surface area contributed by atoms with Crippen LogP contribution >= 0.6 is 23.2 Å². The summed E-state index contributed by atoms with van der Waals surface area (Å²) in [6.07, 6.45) is 4.12. The lowest BCUT2D eigenvalue weighted by Gasteiger charge is -2.27. The van der Waals surface area contributed by atoms with Gasteiger partial charge in [-0.2, -0.15) is 0 Å². The highest BCUT2D eigenvalue weighted by molar-refractivity contribution is 6.42. The SMILES string of the molecule is O=c1[nH]c(-c2cccnc2)nc2c1CN(Cc1ccc(Cl)c(Cl)c1)CC2. The number of benzene rings is 1. The van der Waals surface area contributed by atoms with Gasteiger partial charge in [0.25, 0.3) is 5.56 Å². The van der Waals surface area contributed by atoms with E-state index < -0.39 is 0 Å². The van der Waals surface area contributed by atoms with Crippen molar-refractivity contribution in [1.29, 1.82) is 0 Å². The second kappa shape index (κ2) is 7.19. The van der Waals surface area contributed by atoms with Crippen molar-refractivity contribution in [2.45, 2.75) is 19.5 Å². The van der Waals surface area contributed by atoms with Crippen LogP contribution in [0.5, 0.6) is 0 Å². The fourth-order valence-electron chi connectivity index (χ4n) is 3.15. The maximum atomic E-state index is 12.6. The fourth-order valence-corrected chi connectivity index (χ4v) is 3.47. The highest BCUT2D eigenvalue weighted by Crippen LogP contribution is 2.24. The molecule has 0 saturated carbocycles. The van der Waals surface area contributed by atoms with E-state index >= 15 is 0 Å². The van der Waals surface area contributed by atoms with Crippen molar-refractivity contribution in [3.8, 4) is 11.4 Å². The van der Waals surface area contributed by atoms with E-state index in [4.69, 9.17) is 23.2 Å². The Morgan fingerprint density at radius 3 is 2.85 bits per heavy atom. The van der Waals surface area contributed by atoms with Crippen molar-refractivity contribution in [1.82, 2.24) is 19.9 Å². The van der Waals surface area contributed by atoms with E-state index in [2.05, 4.69) is 19.9 Å². The molecular formula is C19H16Cl2N4O. The third kappa shape index (κ3) is 3.51. The second-order valence-corrected chi connectivity index (χ2v) is 7.10. The van der Waals surface area contributed by atoms with E-state index in [1.54, 1.807) is 18.5 Å². The first-order valence-corrected chi connectivity index (χ1v) is 9.04. The molecule has 1 aliphatic rings. The predicted octanol–water partition coefficient (Wildman–Crippen LogP) is 3.70. The van der Waals surface area contributed by atoms with Crippen LogP contribution in [0.25, 0.3) is 11.4 Å². The lowest BCUT2D eigenvalue weighted by atomic mass is 10.1. The van der Waals surface area contributed by atoms with Crippen molar-refractivity contribution in [3.63, 3.8) is 0 Å². The molecule has 0 radical (unpaired) electrons. The molecule has 0 unspecified atom stereocenters. The van der Waals surface area contributed by atoms with Gasteiger partial charge < -0.3 is 4.98 Å². The maximum Gasteiger partial charge on any atom is 0.255 e. The summed E-state index contributed by atoms with van der Waals surface area (Å²) in [5, 5.41) is 1.09. The number of rotatable bonds is 3. The molecule has 0 saturated heterocycles. The Morgan fingerprint density at radius 1 is 1.19 bits per heavy atom. The first-order valence-electron chi connectivity index (χ1n) is 8.29. The number of nitrogens with zero attached hydrogens (tertiary/aromatic N) is 3. The van der Waals surface area contributed by atoms with Crippen LogP contribution in [0.15, 0.2) is 47.5 Å². The van der Waals surface area contributed by atoms with Crippen LogP contribution in [-0.2, 0) is 19.5 Å². The van der Waals surface area contributed by atoms with Gasteiger partial charge >= 0.3 is 0 Å². The van der Waals surface area contributed by atoms with Crippen molar-refractivity contribution < 1.29 is 0 Å². The number of fused-ring (bicyclic) bond motifs is 1. The van der Waals surface area contributed by atoms with E-state index in [0.717, 1.165) is 35.3 Å². The third-order valence-corrected chi connectivity index (χ3v) is 5.21. The van der Waals surface area contributed by atoms with E-state index in [0.29, 0.717) is 29.0 Å². The van der Waals surface area contributed by atoms with Crippen molar-refractivity contribution in [3.05, 3.63) is 79.9 Å². The molecule has 0 aliphatic carbocycles. The summed E-state index contributed by atoms with van der Waals surface area (Å²) in [6, 6.07) is 9.33. The smallest absolute Gasteiger partial charge is 0.255 e. The standard InChI is InChI=1S/C19H16Cl2N4O/c20-15-4-3-12(8-16(15)21)10-25-7-5-17-14(11-25)19(26)24-18(23-17)13-2-1-6-22-9-13/h1-4,6,8-9H,5,7,10-11H2,(H,23,24,26). The molecule has 1 N–H and O–H groups in total. The molecule has 132 valence electrons. The Bertz CT molecular complexity index is 1000. The molecular weight excluding hydrogens is 371 g/mol. The van der Waals surface area contributed by atoms with Crippen molar-refractivity contribution in [2.24, 2.45) is 0 Å². The number of nitrogens with one attached hydrogen (secondary N) is 1. The molecule has 5 nitrogen and oxygen atoms in total. The fraction of sp³-hybridized carbons (Fsp3) is 0.211. The first kappa shape index (κ1) is 17.2. The topological polar surface area (TPSA) is 61.9 Å². The van der Waals surface area contributed by atoms with Gasteiger partial charge in [0.15, 0.2) is 0 Å². The lowest BCUT2D eigenvalue weighted by molar-refractivity contribution is 0.242. The molecule has 4 rings (SSSR count). The van der Waals surface area contributed by atoms with Crippen LogP contribution in [-0.4, -0.2) is 26.4 Å². The van der Waals surface area contributed by atoms with Crippen LogP contribution in [0.1, 0.15) is 16.8 Å². The van der Waals surface area contributed by atoms with Gasteiger partial charge in [-0.3, -0.25) is 14.7 Å². The van der Waals surface area contributed by atoms with Crippen molar-refractivity contribution >= 4 is 23.2 Å². The molecule has 0 atom stereocenters. The number of halogens is 2. The van der Waals surface area contributed by atoms with Gasteiger partial charge in [-0.05, 0) is 29.8 Å². The molecule has 1 aliphatic heterocycles. The number of hydrogen-bond acceptors (Lipinski definition) is 4. The molecule has 0 amide bonds. The van der Waals surface area contributed by atoms with Gasteiger partial charge in [0.2, 0.25) is 0 Å². The minimum absolute atomic E-state index is 0.0901. The Kier molecular flexibility index (Phi) is 4.76. The quantitative estimate of drug-likeness (QED) is 0.745. The Labute approximate surface area is 160 Å². The molecule has 2 aromatic heterocycles. The summed E-state index contributed by atoms with van der Waals surface area (Å²) < 4.78 is 0. The normalized spacial score (nSPS) is 14.2. The van der Waals surface area contributed by atoms with Crippen LogP contribution in [0, 0.1) is 0 Å². The van der Waals surface area contributed by atoms with Gasteiger partial charge in [0, 0.05) is 44.0 Å². The van der Waals surface area contributed by atoms with Crippen LogP contribution in [0.3, 0.4) is 0 Å². The molecule has 3 heterocycles. The zero-order valence-corrected chi connectivity index (χ0v) is 15.4. The average molecular weight is 387 g/mol. The van der Waals surface area contributed by atoms with Crippen LogP contribution in [0.4, 0.5) is 0 Å². The Balaban J connectivity index is 1.57. The van der Waals surface area contributed by atoms with E-state index in [-0.39, 0.29) is 5.56 Å². The van der Waals surface area contributed by atoms with Crippen LogP contribution in [0.2, 0.25) is 10.0 Å². The third-order valence-electron chi connectivity index (χ3n) is 4.47. The first-order chi connectivity index (χ1) is 12.6. The lowest BCUT2D eigenvalue weighted by Crippen LogP contribution is -2.35. The minimum atomic E-state index is -0.0901. The molecule has 3 aromatic rings. The summed E-state index contributed by atoms with van der Waals surface area (Å²) >= 11 is 12.1. The van der Waals surface area contributed by atoms with Gasteiger partial charge in [0.05, 0.1) is 21.3 Å². The van der Waals surface area contributed by atoms with Crippen LogP contribution < -0.4 is 5.56 Å². The van der Waals surface area contributed by atoms with E-state index in [9.17, 15) is 4.79 Å². The highest BCUT2D eigenvalue weighted by atomic mass is 35.5. The summed E-state index contributed by atoms with van der Waals surface area (Å²) in [6.45, 7) is 2.10. The number of aromatic amines is 1. The van der Waals surface area contributed by atoms with Crippen molar-refractivity contribution in [2.75, 3.05) is 6.54 Å². The Hall–Kier alpha value is -2.21. The van der Waals surface area contributed by atoms with Gasteiger partial charge in [0.1, 0.15) is 5.82 Å². The minimum Gasteiger partial charge on any atom is -0.306 e. The number of hydrogen-bond donors (Lipinski definition) is 1. The van der Waals surface area contributed by atoms with Gasteiger partial charge in [-0.25, -0.2) is 4.98 Å². The summed E-state index contributed by atoms with van der Waals surface area (Å²) in [4.78, 5) is 26.4. The zero-order chi connectivity index (χ0) is 18.1. The monoisotopic (exact) mass is 386 g/mol. The van der Waals surface area contributed by atoms with E-state index in [1.807, 2.05) is 24.3 Å². The highest BCUT2D eigenvalue weighted by Gasteiger charge is 2.21. The average Bonchev–Trinajstić information content (AvgIpc) is 2.66. The van der Waals surface area contributed by atoms with E-state index in [1.165, 1.54) is 0 Å². The molecule has 7 heteroatoms. The molecule has 0 spiro atoms. The number of aromatic nitrogens is 3. The molecule has 0 bridgehead atoms. The molecule has 1 aromatic carbocycles. The summed E-state index contributed by atoms with van der Waals surface area (Å²) in [5.74, 6) is 0.569. The maximum absolute atomic E-state index is 12.6. The Morgan fingerprint density at radius 2 is 2.08 bits per heavy atom.